The quantitative estimate of drug-likeness (QED) is 0.200. The molecule has 6 aromatic carbocycles. The summed E-state index contributed by atoms with van der Waals surface area (Å²) in [5.41, 5.74) is 12.2. The van der Waals surface area contributed by atoms with E-state index in [-0.39, 0.29) is 5.92 Å². The van der Waals surface area contributed by atoms with Crippen molar-refractivity contribution in [3.8, 4) is 28.1 Å². The average Bonchev–Trinajstić information content (AvgIpc) is 3.75. The van der Waals surface area contributed by atoms with Crippen LogP contribution in [0, 0.1) is 0 Å². The van der Waals surface area contributed by atoms with Gasteiger partial charge in [-0.2, -0.15) is 0 Å². The number of hydrogen-bond acceptors (Lipinski definition) is 2. The van der Waals surface area contributed by atoms with Gasteiger partial charge in [0.15, 0.2) is 0 Å². The lowest BCUT2D eigenvalue weighted by molar-refractivity contribution is 0.948. The predicted molar refractivity (Wildman–Crippen MR) is 190 cm³/mol. The standard InChI is InChI=1S/C42H26N2S/c1-3-14-32-28(10-1)29-11-2-4-15-33(29)42(32)37-17-9-16-36(43-37)26-20-22-40-34(24-26)35-25-27(21-23-41(35)45-40)44-38-18-7-5-12-30(38)31-13-6-8-19-39(31)44/h1-25,42H. The topological polar surface area (TPSA) is 17.8 Å². The van der Waals surface area contributed by atoms with Crippen LogP contribution in [0.15, 0.2) is 152 Å². The molecule has 45 heavy (non-hydrogen) atoms. The van der Waals surface area contributed by atoms with Gasteiger partial charge in [-0.3, -0.25) is 4.98 Å². The Bertz CT molecular complexity index is 2520. The molecule has 3 heteroatoms. The van der Waals surface area contributed by atoms with E-state index in [0.717, 1.165) is 17.0 Å². The molecular formula is C42H26N2S. The molecule has 3 heterocycles. The summed E-state index contributed by atoms with van der Waals surface area (Å²) in [7, 11) is 0. The summed E-state index contributed by atoms with van der Waals surface area (Å²) in [6, 6.07) is 55.2. The highest BCUT2D eigenvalue weighted by Gasteiger charge is 2.30. The summed E-state index contributed by atoms with van der Waals surface area (Å²) in [5, 5.41) is 5.12. The maximum Gasteiger partial charge on any atom is 0.0705 e. The van der Waals surface area contributed by atoms with E-state index in [0.29, 0.717) is 0 Å². The van der Waals surface area contributed by atoms with E-state index in [2.05, 4.69) is 156 Å². The van der Waals surface area contributed by atoms with Gasteiger partial charge in [0.05, 0.1) is 28.3 Å². The molecule has 0 fully saturated rings. The summed E-state index contributed by atoms with van der Waals surface area (Å²) in [5.74, 6) is 0.136. The number of rotatable bonds is 3. The molecule has 9 aromatic rings. The molecule has 0 unspecified atom stereocenters. The molecule has 0 saturated heterocycles. The molecule has 0 N–H and O–H groups in total. The molecule has 0 amide bonds. The zero-order valence-corrected chi connectivity index (χ0v) is 25.1. The van der Waals surface area contributed by atoms with Gasteiger partial charge in [0.1, 0.15) is 0 Å². The predicted octanol–water partition coefficient (Wildman–Crippen LogP) is 11.4. The Morgan fingerprint density at radius 2 is 1.09 bits per heavy atom. The molecule has 0 bridgehead atoms. The van der Waals surface area contributed by atoms with Gasteiger partial charge in [0, 0.05) is 42.2 Å². The maximum atomic E-state index is 5.32. The minimum atomic E-state index is 0.136. The van der Waals surface area contributed by atoms with E-state index in [1.165, 1.54) is 69.9 Å². The highest BCUT2D eigenvalue weighted by atomic mass is 32.1. The van der Waals surface area contributed by atoms with Gasteiger partial charge in [-0.05, 0) is 76.9 Å². The fraction of sp³-hybridized carbons (Fsp3) is 0.0238. The number of pyridine rings is 1. The third-order valence-electron chi connectivity index (χ3n) is 9.49. The van der Waals surface area contributed by atoms with Crippen molar-refractivity contribution in [1.82, 2.24) is 9.55 Å². The zero-order valence-electron chi connectivity index (χ0n) is 24.3. The van der Waals surface area contributed by atoms with Gasteiger partial charge >= 0.3 is 0 Å². The van der Waals surface area contributed by atoms with Crippen LogP contribution in [-0.2, 0) is 0 Å². The maximum absolute atomic E-state index is 5.32. The second kappa shape index (κ2) is 9.49. The van der Waals surface area contributed by atoms with Gasteiger partial charge in [-0.25, -0.2) is 0 Å². The molecule has 0 spiro atoms. The monoisotopic (exact) mass is 590 g/mol. The molecule has 0 aliphatic heterocycles. The highest BCUT2D eigenvalue weighted by molar-refractivity contribution is 7.25. The number of fused-ring (bicyclic) bond motifs is 9. The average molecular weight is 591 g/mol. The van der Waals surface area contributed by atoms with Crippen LogP contribution in [0.2, 0.25) is 0 Å². The van der Waals surface area contributed by atoms with Crippen molar-refractivity contribution in [3.05, 3.63) is 168 Å². The molecular weight excluding hydrogens is 565 g/mol. The van der Waals surface area contributed by atoms with Crippen LogP contribution in [0.3, 0.4) is 0 Å². The lowest BCUT2D eigenvalue weighted by Crippen LogP contribution is -2.02. The Morgan fingerprint density at radius 3 is 1.80 bits per heavy atom. The minimum Gasteiger partial charge on any atom is -0.309 e. The van der Waals surface area contributed by atoms with Crippen molar-refractivity contribution >= 4 is 53.3 Å². The molecule has 1 aliphatic carbocycles. The fourth-order valence-electron chi connectivity index (χ4n) is 7.51. The van der Waals surface area contributed by atoms with E-state index >= 15 is 0 Å². The summed E-state index contributed by atoms with van der Waals surface area (Å²) in [6.45, 7) is 0. The molecule has 210 valence electrons. The lowest BCUT2D eigenvalue weighted by Gasteiger charge is -2.14. The molecule has 10 rings (SSSR count). The lowest BCUT2D eigenvalue weighted by atomic mass is 9.92. The number of para-hydroxylation sites is 2. The Kier molecular flexibility index (Phi) is 5.25. The SMILES string of the molecule is c1cc(-c2ccc3sc4ccc(-n5c6ccccc6c6ccccc65)cc4c3c2)nc(C2c3ccccc3-c3ccccc32)c1. The number of thiophene rings is 1. The first-order chi connectivity index (χ1) is 22.3. The smallest absolute Gasteiger partial charge is 0.0705 e. The van der Waals surface area contributed by atoms with Crippen LogP contribution in [0.1, 0.15) is 22.7 Å². The second-order valence-electron chi connectivity index (χ2n) is 11.9. The van der Waals surface area contributed by atoms with Crippen LogP contribution >= 0.6 is 11.3 Å². The zero-order chi connectivity index (χ0) is 29.5. The number of benzene rings is 6. The van der Waals surface area contributed by atoms with E-state index in [9.17, 15) is 0 Å². The van der Waals surface area contributed by atoms with Crippen LogP contribution in [0.25, 0.3) is 70.0 Å². The molecule has 1 aliphatic rings. The second-order valence-corrected chi connectivity index (χ2v) is 13.0. The number of nitrogens with zero attached hydrogens (tertiary/aromatic N) is 2. The van der Waals surface area contributed by atoms with Crippen molar-refractivity contribution in [2.45, 2.75) is 5.92 Å². The first-order valence-electron chi connectivity index (χ1n) is 15.4. The molecule has 2 nitrogen and oxygen atoms in total. The van der Waals surface area contributed by atoms with Crippen LogP contribution < -0.4 is 0 Å². The van der Waals surface area contributed by atoms with Crippen molar-refractivity contribution in [3.63, 3.8) is 0 Å². The van der Waals surface area contributed by atoms with Crippen LogP contribution in [0.4, 0.5) is 0 Å². The summed E-state index contributed by atoms with van der Waals surface area (Å²) >= 11 is 1.86. The largest absolute Gasteiger partial charge is 0.309 e. The van der Waals surface area contributed by atoms with Gasteiger partial charge < -0.3 is 4.57 Å². The van der Waals surface area contributed by atoms with Gasteiger partial charge in [0.25, 0.3) is 0 Å². The van der Waals surface area contributed by atoms with Crippen molar-refractivity contribution in [2.24, 2.45) is 0 Å². The normalized spacial score (nSPS) is 12.8. The third-order valence-corrected chi connectivity index (χ3v) is 10.6. The summed E-state index contributed by atoms with van der Waals surface area (Å²) in [4.78, 5) is 5.32. The molecule has 0 atom stereocenters. The van der Waals surface area contributed by atoms with Crippen molar-refractivity contribution in [2.75, 3.05) is 0 Å². The molecule has 0 saturated carbocycles. The fourth-order valence-corrected chi connectivity index (χ4v) is 8.58. The number of aromatic nitrogens is 2. The Morgan fingerprint density at radius 1 is 0.489 bits per heavy atom. The summed E-state index contributed by atoms with van der Waals surface area (Å²) in [6.07, 6.45) is 0. The first-order valence-corrected chi connectivity index (χ1v) is 16.2. The Balaban J connectivity index is 1.12. The van der Waals surface area contributed by atoms with Gasteiger partial charge in [0.2, 0.25) is 0 Å². The van der Waals surface area contributed by atoms with E-state index in [4.69, 9.17) is 4.98 Å². The van der Waals surface area contributed by atoms with Crippen LogP contribution in [0.5, 0.6) is 0 Å². The number of hydrogen-bond donors (Lipinski definition) is 0. The highest BCUT2D eigenvalue weighted by Crippen LogP contribution is 2.47. The van der Waals surface area contributed by atoms with E-state index in [1.54, 1.807) is 0 Å². The Labute approximate surface area is 264 Å². The van der Waals surface area contributed by atoms with Crippen LogP contribution in [-0.4, -0.2) is 9.55 Å². The van der Waals surface area contributed by atoms with E-state index in [1.807, 2.05) is 11.3 Å². The summed E-state index contributed by atoms with van der Waals surface area (Å²) < 4.78 is 5.00. The minimum absolute atomic E-state index is 0.136. The molecule has 3 aromatic heterocycles. The van der Waals surface area contributed by atoms with E-state index < -0.39 is 0 Å². The van der Waals surface area contributed by atoms with Crippen molar-refractivity contribution < 1.29 is 0 Å². The third kappa shape index (κ3) is 3.65. The first kappa shape index (κ1) is 24.9. The Hall–Kier alpha value is -5.51. The van der Waals surface area contributed by atoms with Crippen molar-refractivity contribution in [1.29, 1.82) is 0 Å². The molecule has 0 radical (unpaired) electrons. The van der Waals surface area contributed by atoms with Gasteiger partial charge in [-0.1, -0.05) is 97.1 Å². The van der Waals surface area contributed by atoms with Gasteiger partial charge in [-0.15, -0.1) is 11.3 Å².